The van der Waals surface area contributed by atoms with Crippen molar-refractivity contribution in [3.63, 3.8) is 0 Å². The molecule has 1 aromatic carbocycles. The van der Waals surface area contributed by atoms with E-state index >= 15 is 0 Å². The second kappa shape index (κ2) is 7.30. The van der Waals surface area contributed by atoms with E-state index in [1.54, 1.807) is 6.92 Å². The maximum Gasteiger partial charge on any atom is 0.354 e. The SMILES string of the molecule is COC(=O)c1c(COC(=O)C2=NNC(=O)CC2)nc2ccccc2c1C. The monoisotopic (exact) mass is 355 g/mol. The first-order valence-corrected chi connectivity index (χ1v) is 8.00. The molecule has 1 N–H and O–H groups in total. The van der Waals surface area contributed by atoms with Crippen LogP contribution in [0.5, 0.6) is 0 Å². The molecule has 0 radical (unpaired) electrons. The van der Waals surface area contributed by atoms with Crippen LogP contribution in [-0.2, 0) is 25.7 Å². The quantitative estimate of drug-likeness (QED) is 0.836. The molecule has 2 aromatic rings. The minimum absolute atomic E-state index is 0.127. The van der Waals surface area contributed by atoms with E-state index in [1.807, 2.05) is 24.3 Å². The fourth-order valence-corrected chi connectivity index (χ4v) is 2.76. The Kier molecular flexibility index (Phi) is 4.92. The number of aryl methyl sites for hydroxylation is 1. The largest absolute Gasteiger partial charge is 0.465 e. The highest BCUT2D eigenvalue weighted by molar-refractivity contribution is 6.37. The van der Waals surface area contributed by atoms with E-state index in [2.05, 4.69) is 15.5 Å². The van der Waals surface area contributed by atoms with Crippen LogP contribution in [-0.4, -0.2) is 35.7 Å². The van der Waals surface area contributed by atoms with Crippen LogP contribution in [0.25, 0.3) is 10.9 Å². The first kappa shape index (κ1) is 17.5. The Labute approximate surface area is 149 Å². The van der Waals surface area contributed by atoms with Gasteiger partial charge in [0.25, 0.3) is 0 Å². The zero-order valence-corrected chi connectivity index (χ0v) is 14.4. The van der Waals surface area contributed by atoms with Crippen LogP contribution >= 0.6 is 0 Å². The summed E-state index contributed by atoms with van der Waals surface area (Å²) in [5.74, 6) is -1.45. The highest BCUT2D eigenvalue weighted by Gasteiger charge is 2.23. The van der Waals surface area contributed by atoms with Crippen molar-refractivity contribution in [2.75, 3.05) is 7.11 Å². The third-order valence-electron chi connectivity index (χ3n) is 4.10. The number of carbonyl (C=O) groups is 3. The fourth-order valence-electron chi connectivity index (χ4n) is 2.76. The minimum atomic E-state index is -0.659. The minimum Gasteiger partial charge on any atom is -0.465 e. The Bertz CT molecular complexity index is 936. The van der Waals surface area contributed by atoms with Gasteiger partial charge in [0.2, 0.25) is 5.91 Å². The molecule has 8 heteroatoms. The van der Waals surface area contributed by atoms with Crippen LogP contribution in [0.1, 0.15) is 34.5 Å². The second-order valence-electron chi connectivity index (χ2n) is 5.74. The molecule has 0 saturated carbocycles. The van der Waals surface area contributed by atoms with Gasteiger partial charge in [-0.25, -0.2) is 20.0 Å². The van der Waals surface area contributed by atoms with Crippen molar-refractivity contribution in [1.82, 2.24) is 10.4 Å². The molecule has 1 amide bonds. The summed E-state index contributed by atoms with van der Waals surface area (Å²) < 4.78 is 10.1. The van der Waals surface area contributed by atoms with Crippen LogP contribution < -0.4 is 5.43 Å². The standard InChI is InChI=1S/C18H17N3O5/c1-10-11-5-3-4-6-12(11)19-14(16(10)18(24)25-2)9-26-17(23)13-7-8-15(22)21-20-13/h3-6H,7-9H2,1-2H3,(H,21,22). The van der Waals surface area contributed by atoms with E-state index in [4.69, 9.17) is 9.47 Å². The Morgan fingerprint density at radius 1 is 1.19 bits per heavy atom. The summed E-state index contributed by atoms with van der Waals surface area (Å²) in [6, 6.07) is 7.36. The molecular formula is C18H17N3O5. The lowest BCUT2D eigenvalue weighted by atomic mass is 10.0. The number of rotatable bonds is 4. The summed E-state index contributed by atoms with van der Waals surface area (Å²) >= 11 is 0. The number of ether oxygens (including phenoxy) is 2. The van der Waals surface area contributed by atoms with Gasteiger partial charge < -0.3 is 9.47 Å². The predicted molar refractivity (Wildman–Crippen MR) is 92.4 cm³/mol. The Hall–Kier alpha value is -3.29. The molecule has 2 heterocycles. The topological polar surface area (TPSA) is 107 Å². The first-order valence-electron chi connectivity index (χ1n) is 8.00. The lowest BCUT2D eigenvalue weighted by Crippen LogP contribution is -2.30. The summed E-state index contributed by atoms with van der Waals surface area (Å²) in [7, 11) is 1.28. The summed E-state index contributed by atoms with van der Waals surface area (Å²) in [5.41, 5.74) is 4.34. The van der Waals surface area contributed by atoms with Gasteiger partial charge in [-0.15, -0.1) is 0 Å². The van der Waals surface area contributed by atoms with E-state index < -0.39 is 11.9 Å². The third-order valence-corrected chi connectivity index (χ3v) is 4.10. The molecule has 1 aliphatic heterocycles. The molecule has 0 spiro atoms. The second-order valence-corrected chi connectivity index (χ2v) is 5.74. The van der Waals surface area contributed by atoms with Gasteiger partial charge in [-0.1, -0.05) is 18.2 Å². The predicted octanol–water partition coefficient (Wildman–Crippen LogP) is 1.64. The lowest BCUT2D eigenvalue weighted by Gasteiger charge is -2.14. The molecule has 26 heavy (non-hydrogen) atoms. The van der Waals surface area contributed by atoms with E-state index in [-0.39, 0.29) is 36.6 Å². The molecule has 0 atom stereocenters. The van der Waals surface area contributed by atoms with E-state index in [0.717, 1.165) is 5.39 Å². The van der Waals surface area contributed by atoms with Crippen LogP contribution in [0.2, 0.25) is 0 Å². The molecule has 0 saturated heterocycles. The molecule has 0 fully saturated rings. The number of fused-ring (bicyclic) bond motifs is 1. The molecule has 0 bridgehead atoms. The van der Waals surface area contributed by atoms with E-state index in [0.29, 0.717) is 16.8 Å². The highest BCUT2D eigenvalue weighted by Crippen LogP contribution is 2.24. The van der Waals surface area contributed by atoms with Crippen LogP contribution in [0, 0.1) is 6.92 Å². The average Bonchev–Trinajstić information content (AvgIpc) is 2.66. The van der Waals surface area contributed by atoms with Crippen molar-refractivity contribution < 1.29 is 23.9 Å². The van der Waals surface area contributed by atoms with Crippen LogP contribution in [0.3, 0.4) is 0 Å². The van der Waals surface area contributed by atoms with Crippen molar-refractivity contribution >= 4 is 34.5 Å². The number of amides is 1. The molecule has 134 valence electrons. The fraction of sp³-hybridized carbons (Fsp3) is 0.278. The smallest absolute Gasteiger partial charge is 0.354 e. The number of carbonyl (C=O) groups excluding carboxylic acids is 3. The van der Waals surface area contributed by atoms with Crippen molar-refractivity contribution in [2.45, 2.75) is 26.4 Å². The maximum atomic E-state index is 12.2. The normalized spacial score (nSPS) is 13.8. The summed E-state index contributed by atoms with van der Waals surface area (Å²) in [6.45, 7) is 1.59. The Balaban J connectivity index is 1.90. The van der Waals surface area contributed by atoms with Crippen molar-refractivity contribution in [3.05, 3.63) is 41.1 Å². The van der Waals surface area contributed by atoms with Gasteiger partial charge >= 0.3 is 11.9 Å². The zero-order valence-electron chi connectivity index (χ0n) is 14.4. The number of nitrogens with one attached hydrogen (secondary N) is 1. The number of esters is 2. The lowest BCUT2D eigenvalue weighted by molar-refractivity contribution is -0.137. The first-order chi connectivity index (χ1) is 12.5. The van der Waals surface area contributed by atoms with Gasteiger partial charge in [0.15, 0.2) is 0 Å². The number of nitrogens with zero attached hydrogens (tertiary/aromatic N) is 2. The molecule has 3 rings (SSSR count). The van der Waals surface area contributed by atoms with Gasteiger partial charge in [-0.2, -0.15) is 5.10 Å². The highest BCUT2D eigenvalue weighted by atomic mass is 16.5. The summed E-state index contributed by atoms with van der Waals surface area (Å²) in [6.07, 6.45) is 0.382. The zero-order chi connectivity index (χ0) is 18.7. The molecule has 0 aliphatic carbocycles. The van der Waals surface area contributed by atoms with Gasteiger partial charge in [-0.3, -0.25) is 4.79 Å². The van der Waals surface area contributed by atoms with Gasteiger partial charge in [-0.05, 0) is 18.6 Å². The number of aromatic nitrogens is 1. The molecule has 0 unspecified atom stereocenters. The van der Waals surface area contributed by atoms with E-state index in [9.17, 15) is 14.4 Å². The van der Waals surface area contributed by atoms with Crippen molar-refractivity contribution in [1.29, 1.82) is 0 Å². The number of hydrogen-bond acceptors (Lipinski definition) is 7. The number of methoxy groups -OCH3 is 1. The summed E-state index contributed by atoms with van der Waals surface area (Å²) in [5, 5.41) is 4.52. The van der Waals surface area contributed by atoms with Gasteiger partial charge in [0.1, 0.15) is 12.3 Å². The molecular weight excluding hydrogens is 338 g/mol. The number of benzene rings is 1. The summed E-state index contributed by atoms with van der Waals surface area (Å²) in [4.78, 5) is 39.9. The molecule has 8 nitrogen and oxygen atoms in total. The Morgan fingerprint density at radius 3 is 2.65 bits per heavy atom. The number of hydrogen-bond donors (Lipinski definition) is 1. The van der Waals surface area contributed by atoms with Crippen LogP contribution in [0.4, 0.5) is 0 Å². The van der Waals surface area contributed by atoms with Crippen molar-refractivity contribution in [3.8, 4) is 0 Å². The Morgan fingerprint density at radius 2 is 1.96 bits per heavy atom. The van der Waals surface area contributed by atoms with Crippen molar-refractivity contribution in [2.24, 2.45) is 5.10 Å². The van der Waals surface area contributed by atoms with Gasteiger partial charge in [0.05, 0.1) is 23.9 Å². The number of para-hydroxylation sites is 1. The molecule has 1 aromatic heterocycles. The number of hydrazone groups is 1. The average molecular weight is 355 g/mol. The van der Waals surface area contributed by atoms with Crippen LogP contribution in [0.15, 0.2) is 29.4 Å². The van der Waals surface area contributed by atoms with E-state index in [1.165, 1.54) is 7.11 Å². The van der Waals surface area contributed by atoms with Gasteiger partial charge in [0, 0.05) is 18.2 Å². The number of pyridine rings is 1. The maximum absolute atomic E-state index is 12.2. The third kappa shape index (κ3) is 3.39. The molecule has 1 aliphatic rings.